The lowest BCUT2D eigenvalue weighted by Gasteiger charge is -2.08. The van der Waals surface area contributed by atoms with E-state index in [0.29, 0.717) is 0 Å². The number of anilines is 1. The molecule has 0 unspecified atom stereocenters. The number of hydrogen-bond acceptors (Lipinski definition) is 5. The number of nitrogens with one attached hydrogen (secondary N) is 2. The van der Waals surface area contributed by atoms with Gasteiger partial charge in [0, 0.05) is 29.9 Å². The Labute approximate surface area is 110 Å². The highest BCUT2D eigenvalue weighted by atomic mass is 16.3. The van der Waals surface area contributed by atoms with E-state index >= 15 is 0 Å². The molecule has 0 radical (unpaired) electrons. The van der Waals surface area contributed by atoms with Crippen LogP contribution in [-0.4, -0.2) is 48.3 Å². The molecule has 0 heterocycles. The lowest BCUT2D eigenvalue weighted by molar-refractivity contribution is 0.0945. The third-order valence-electron chi connectivity index (χ3n) is 2.27. The fourth-order valence-corrected chi connectivity index (χ4v) is 1.46. The molecule has 7 nitrogen and oxygen atoms in total. The van der Waals surface area contributed by atoms with E-state index in [-0.39, 0.29) is 43.1 Å². The fraction of sp³-hybridized carbons (Fsp3) is 0.333. The first-order valence-electron chi connectivity index (χ1n) is 5.77. The van der Waals surface area contributed by atoms with Crippen molar-refractivity contribution in [3.63, 3.8) is 0 Å². The van der Waals surface area contributed by atoms with Gasteiger partial charge >= 0.3 is 0 Å². The van der Waals surface area contributed by atoms with Gasteiger partial charge in [0.25, 0.3) is 11.8 Å². The minimum Gasteiger partial charge on any atom is -0.399 e. The average Bonchev–Trinajstić information content (AvgIpc) is 2.41. The van der Waals surface area contributed by atoms with Crippen molar-refractivity contribution in [3.05, 3.63) is 29.3 Å². The molecule has 0 aliphatic heterocycles. The normalized spacial score (nSPS) is 10.0. The van der Waals surface area contributed by atoms with Gasteiger partial charge in [0.1, 0.15) is 0 Å². The van der Waals surface area contributed by atoms with Crippen LogP contribution in [0, 0.1) is 0 Å². The fourth-order valence-electron chi connectivity index (χ4n) is 1.46. The van der Waals surface area contributed by atoms with Gasteiger partial charge in [-0.25, -0.2) is 0 Å². The van der Waals surface area contributed by atoms with Gasteiger partial charge in [0.05, 0.1) is 13.2 Å². The van der Waals surface area contributed by atoms with Crippen LogP contribution in [0.5, 0.6) is 0 Å². The van der Waals surface area contributed by atoms with E-state index in [4.69, 9.17) is 15.9 Å². The molecule has 0 saturated heterocycles. The number of aliphatic hydroxyl groups excluding tert-OH is 2. The minimum atomic E-state index is -0.419. The van der Waals surface area contributed by atoms with E-state index in [1.165, 1.54) is 18.2 Å². The molecule has 1 aromatic carbocycles. The first-order chi connectivity index (χ1) is 9.08. The van der Waals surface area contributed by atoms with Crippen LogP contribution in [-0.2, 0) is 0 Å². The minimum absolute atomic E-state index is 0.125. The topological polar surface area (TPSA) is 125 Å². The predicted octanol–water partition coefficient (Wildman–Crippen LogP) is -1.29. The number of carbonyl (C=O) groups is 2. The SMILES string of the molecule is Nc1cc(C(=O)NCCO)cc(C(=O)NCCO)c1. The molecule has 1 aromatic rings. The molecule has 0 saturated carbocycles. The van der Waals surface area contributed by atoms with E-state index in [2.05, 4.69) is 10.6 Å². The second-order valence-electron chi connectivity index (χ2n) is 3.80. The summed E-state index contributed by atoms with van der Waals surface area (Å²) in [6, 6.07) is 4.28. The summed E-state index contributed by atoms with van der Waals surface area (Å²) in [5.41, 5.74) is 6.39. The zero-order valence-electron chi connectivity index (χ0n) is 10.3. The number of amides is 2. The second kappa shape index (κ2) is 7.34. The monoisotopic (exact) mass is 267 g/mol. The second-order valence-corrected chi connectivity index (χ2v) is 3.80. The maximum Gasteiger partial charge on any atom is 0.251 e. The highest BCUT2D eigenvalue weighted by Crippen LogP contribution is 2.12. The van der Waals surface area contributed by atoms with E-state index in [1.54, 1.807) is 0 Å². The van der Waals surface area contributed by atoms with Crippen molar-refractivity contribution in [3.8, 4) is 0 Å². The number of hydrogen-bond donors (Lipinski definition) is 5. The zero-order valence-corrected chi connectivity index (χ0v) is 10.3. The van der Waals surface area contributed by atoms with E-state index in [0.717, 1.165) is 0 Å². The van der Waals surface area contributed by atoms with Crippen LogP contribution in [0.4, 0.5) is 5.69 Å². The van der Waals surface area contributed by atoms with Crippen LogP contribution in [0.3, 0.4) is 0 Å². The maximum absolute atomic E-state index is 11.7. The Morgan fingerprint density at radius 2 is 1.37 bits per heavy atom. The number of aliphatic hydroxyl groups is 2. The van der Waals surface area contributed by atoms with Gasteiger partial charge in [-0.1, -0.05) is 0 Å². The number of nitrogen functional groups attached to an aromatic ring is 1. The maximum atomic E-state index is 11.7. The summed E-state index contributed by atoms with van der Waals surface area (Å²) < 4.78 is 0. The van der Waals surface area contributed by atoms with Crippen LogP contribution in [0.2, 0.25) is 0 Å². The molecule has 2 amide bonds. The Bertz CT molecular complexity index is 424. The molecule has 0 aliphatic rings. The molecule has 0 aliphatic carbocycles. The van der Waals surface area contributed by atoms with Crippen LogP contribution in [0.1, 0.15) is 20.7 Å². The van der Waals surface area contributed by atoms with Crippen LogP contribution >= 0.6 is 0 Å². The molecular formula is C12H17N3O4. The summed E-state index contributed by atoms with van der Waals surface area (Å²) in [5, 5.41) is 22.2. The summed E-state index contributed by atoms with van der Waals surface area (Å²) >= 11 is 0. The first kappa shape index (κ1) is 14.9. The van der Waals surface area contributed by atoms with Crippen molar-refractivity contribution < 1.29 is 19.8 Å². The van der Waals surface area contributed by atoms with Crippen LogP contribution in [0.25, 0.3) is 0 Å². The molecule has 0 spiro atoms. The van der Waals surface area contributed by atoms with Crippen LogP contribution < -0.4 is 16.4 Å². The summed E-state index contributed by atoms with van der Waals surface area (Å²) in [4.78, 5) is 23.4. The van der Waals surface area contributed by atoms with E-state index in [9.17, 15) is 9.59 Å². The summed E-state index contributed by atoms with van der Waals surface area (Å²) in [6.07, 6.45) is 0. The molecule has 104 valence electrons. The van der Waals surface area contributed by atoms with Crippen molar-refractivity contribution >= 4 is 17.5 Å². The third kappa shape index (κ3) is 4.57. The van der Waals surface area contributed by atoms with E-state index < -0.39 is 11.8 Å². The van der Waals surface area contributed by atoms with Crippen molar-refractivity contribution in [2.45, 2.75) is 0 Å². The number of benzene rings is 1. The Morgan fingerprint density at radius 3 is 1.74 bits per heavy atom. The third-order valence-corrected chi connectivity index (χ3v) is 2.27. The van der Waals surface area contributed by atoms with E-state index in [1.807, 2.05) is 0 Å². The summed E-state index contributed by atoms with van der Waals surface area (Å²) in [5.74, 6) is -0.838. The molecule has 19 heavy (non-hydrogen) atoms. The van der Waals surface area contributed by atoms with Gasteiger partial charge in [-0.05, 0) is 18.2 Å². The van der Waals surface area contributed by atoms with Gasteiger partial charge in [0.2, 0.25) is 0 Å². The van der Waals surface area contributed by atoms with Gasteiger partial charge in [0.15, 0.2) is 0 Å². The Hall–Kier alpha value is -2.12. The van der Waals surface area contributed by atoms with Crippen LogP contribution in [0.15, 0.2) is 18.2 Å². The lowest BCUT2D eigenvalue weighted by atomic mass is 10.1. The largest absolute Gasteiger partial charge is 0.399 e. The van der Waals surface area contributed by atoms with Crippen molar-refractivity contribution in [1.29, 1.82) is 0 Å². The average molecular weight is 267 g/mol. The van der Waals surface area contributed by atoms with Crippen molar-refractivity contribution in [2.24, 2.45) is 0 Å². The predicted molar refractivity (Wildman–Crippen MR) is 69.7 cm³/mol. The quantitative estimate of drug-likeness (QED) is 0.410. The molecule has 7 heteroatoms. The highest BCUT2D eigenvalue weighted by Gasteiger charge is 2.11. The molecule has 0 fully saturated rings. The standard InChI is InChI=1S/C12H17N3O4/c13-10-6-8(11(18)14-1-3-16)5-9(7-10)12(19)15-2-4-17/h5-7,16-17H,1-4,13H2,(H,14,18)(H,15,19). The van der Waals surface area contributed by atoms with Gasteiger partial charge in [-0.2, -0.15) is 0 Å². The van der Waals surface area contributed by atoms with Crippen molar-refractivity contribution in [2.75, 3.05) is 32.0 Å². The summed E-state index contributed by atoms with van der Waals surface area (Å²) in [7, 11) is 0. The molecule has 0 aromatic heterocycles. The summed E-state index contributed by atoms with van der Waals surface area (Å²) in [6.45, 7) is -0.0881. The number of nitrogens with two attached hydrogens (primary N) is 1. The van der Waals surface area contributed by atoms with Gasteiger partial charge < -0.3 is 26.6 Å². The highest BCUT2D eigenvalue weighted by molar-refractivity contribution is 6.00. The first-order valence-corrected chi connectivity index (χ1v) is 5.77. The smallest absolute Gasteiger partial charge is 0.251 e. The Balaban J connectivity index is 2.87. The Kier molecular flexibility index (Phi) is 5.77. The van der Waals surface area contributed by atoms with Crippen molar-refractivity contribution in [1.82, 2.24) is 10.6 Å². The zero-order chi connectivity index (χ0) is 14.3. The number of carbonyl (C=O) groups excluding carboxylic acids is 2. The molecule has 6 N–H and O–H groups in total. The molecule has 1 rings (SSSR count). The van der Waals surface area contributed by atoms with Gasteiger partial charge in [-0.3, -0.25) is 9.59 Å². The Morgan fingerprint density at radius 1 is 0.947 bits per heavy atom. The molecule has 0 bridgehead atoms. The molecule has 0 atom stereocenters. The lowest BCUT2D eigenvalue weighted by Crippen LogP contribution is -2.28. The molecular weight excluding hydrogens is 250 g/mol. The van der Waals surface area contributed by atoms with Gasteiger partial charge in [-0.15, -0.1) is 0 Å². The number of rotatable bonds is 6.